The largest absolute Gasteiger partial charge is 0.307 e. The summed E-state index contributed by atoms with van der Waals surface area (Å²) in [6.45, 7) is 7.78. The molecule has 0 spiro atoms. The van der Waals surface area contributed by atoms with Gasteiger partial charge in [-0.2, -0.15) is 11.3 Å². The van der Waals surface area contributed by atoms with Gasteiger partial charge in [-0.1, -0.05) is 37.3 Å². The minimum atomic E-state index is 0.452. The highest BCUT2D eigenvalue weighted by Crippen LogP contribution is 2.24. The topological polar surface area (TPSA) is 15.3 Å². The predicted octanol–water partition coefficient (Wildman–Crippen LogP) is 3.98. The molecule has 21 heavy (non-hydrogen) atoms. The van der Waals surface area contributed by atoms with Crippen LogP contribution in [0.1, 0.15) is 36.1 Å². The van der Waals surface area contributed by atoms with E-state index in [2.05, 4.69) is 65.2 Å². The lowest BCUT2D eigenvalue weighted by Gasteiger charge is -2.40. The molecule has 1 saturated heterocycles. The normalized spacial score (nSPS) is 23.3. The first-order chi connectivity index (χ1) is 10.3. The van der Waals surface area contributed by atoms with E-state index < -0.39 is 0 Å². The maximum absolute atomic E-state index is 3.72. The van der Waals surface area contributed by atoms with Crippen LogP contribution >= 0.6 is 11.3 Å². The second-order valence-corrected chi connectivity index (χ2v) is 6.69. The molecule has 1 aromatic heterocycles. The van der Waals surface area contributed by atoms with E-state index in [1.165, 1.54) is 23.1 Å². The van der Waals surface area contributed by atoms with Crippen molar-refractivity contribution in [1.82, 2.24) is 10.2 Å². The Bertz CT molecular complexity index is 564. The molecule has 2 atom stereocenters. The van der Waals surface area contributed by atoms with Crippen LogP contribution in [0.3, 0.4) is 0 Å². The Labute approximate surface area is 131 Å². The van der Waals surface area contributed by atoms with Gasteiger partial charge in [0.15, 0.2) is 0 Å². The smallest absolute Gasteiger partial charge is 0.0450 e. The number of hydrogen-bond donors (Lipinski definition) is 1. The fourth-order valence-corrected chi connectivity index (χ4v) is 3.98. The minimum absolute atomic E-state index is 0.452. The van der Waals surface area contributed by atoms with Crippen molar-refractivity contribution >= 4 is 11.3 Å². The Morgan fingerprint density at radius 1 is 1.24 bits per heavy atom. The average molecular weight is 300 g/mol. The fraction of sp³-hybridized carbons (Fsp3) is 0.444. The molecule has 2 aromatic rings. The summed E-state index contributed by atoms with van der Waals surface area (Å²) in [5.41, 5.74) is 4.33. The van der Waals surface area contributed by atoms with Crippen molar-refractivity contribution in [2.45, 2.75) is 38.9 Å². The van der Waals surface area contributed by atoms with Crippen molar-refractivity contribution < 1.29 is 0 Å². The number of benzene rings is 1. The molecule has 1 aliphatic heterocycles. The summed E-state index contributed by atoms with van der Waals surface area (Å²) < 4.78 is 0. The van der Waals surface area contributed by atoms with Crippen LogP contribution in [-0.2, 0) is 6.54 Å². The van der Waals surface area contributed by atoms with Crippen molar-refractivity contribution in [3.8, 4) is 0 Å². The number of hydrogen-bond acceptors (Lipinski definition) is 3. The number of rotatable bonds is 4. The predicted molar refractivity (Wildman–Crippen MR) is 90.7 cm³/mol. The lowest BCUT2D eigenvalue weighted by molar-refractivity contribution is 0.119. The van der Waals surface area contributed by atoms with E-state index in [-0.39, 0.29) is 0 Å². The molecule has 3 rings (SSSR count). The minimum Gasteiger partial charge on any atom is -0.307 e. The summed E-state index contributed by atoms with van der Waals surface area (Å²) in [5, 5.41) is 8.29. The van der Waals surface area contributed by atoms with Crippen LogP contribution in [0.2, 0.25) is 0 Å². The molecule has 1 aliphatic rings. The molecule has 1 N–H and O–H groups in total. The van der Waals surface area contributed by atoms with Gasteiger partial charge in [-0.05, 0) is 40.8 Å². The van der Waals surface area contributed by atoms with Crippen molar-refractivity contribution in [3.63, 3.8) is 0 Å². The highest BCUT2D eigenvalue weighted by atomic mass is 32.1. The molecular weight excluding hydrogens is 276 g/mol. The third-order valence-electron chi connectivity index (χ3n) is 4.54. The number of piperazine rings is 1. The Morgan fingerprint density at radius 3 is 2.71 bits per heavy atom. The van der Waals surface area contributed by atoms with Crippen LogP contribution in [0, 0.1) is 6.92 Å². The molecule has 3 heteroatoms. The molecule has 1 aromatic carbocycles. The molecule has 0 radical (unpaired) electrons. The van der Waals surface area contributed by atoms with Gasteiger partial charge < -0.3 is 5.32 Å². The van der Waals surface area contributed by atoms with Gasteiger partial charge in [-0.3, -0.25) is 4.90 Å². The second-order valence-electron chi connectivity index (χ2n) is 5.94. The molecule has 0 saturated carbocycles. The SMILES string of the molecule is CCC1CNC(c2ccccc2)CN1Cc1cscc1C. The number of nitrogens with zero attached hydrogens (tertiary/aromatic N) is 1. The van der Waals surface area contributed by atoms with Crippen LogP contribution < -0.4 is 5.32 Å². The van der Waals surface area contributed by atoms with E-state index >= 15 is 0 Å². The van der Waals surface area contributed by atoms with Gasteiger partial charge in [-0.15, -0.1) is 0 Å². The third kappa shape index (κ3) is 3.37. The molecule has 112 valence electrons. The van der Waals surface area contributed by atoms with Crippen LogP contribution in [0.5, 0.6) is 0 Å². The number of aryl methyl sites for hydroxylation is 1. The summed E-state index contributed by atoms with van der Waals surface area (Å²) in [7, 11) is 0. The summed E-state index contributed by atoms with van der Waals surface area (Å²) in [6.07, 6.45) is 1.21. The molecule has 0 bridgehead atoms. The van der Waals surface area contributed by atoms with Crippen molar-refractivity contribution in [2.75, 3.05) is 13.1 Å². The van der Waals surface area contributed by atoms with E-state index in [0.29, 0.717) is 12.1 Å². The summed E-state index contributed by atoms with van der Waals surface area (Å²) in [5.74, 6) is 0. The molecule has 1 fully saturated rings. The van der Waals surface area contributed by atoms with E-state index in [1.807, 2.05) is 11.3 Å². The summed E-state index contributed by atoms with van der Waals surface area (Å²) >= 11 is 1.82. The molecule has 2 unspecified atom stereocenters. The van der Waals surface area contributed by atoms with Crippen LogP contribution in [-0.4, -0.2) is 24.0 Å². The molecule has 0 aliphatic carbocycles. The zero-order valence-electron chi connectivity index (χ0n) is 12.9. The van der Waals surface area contributed by atoms with Crippen LogP contribution in [0.25, 0.3) is 0 Å². The van der Waals surface area contributed by atoms with E-state index in [0.717, 1.165) is 19.6 Å². The molecule has 2 heterocycles. The second kappa shape index (κ2) is 6.73. The van der Waals surface area contributed by atoms with E-state index in [1.54, 1.807) is 0 Å². The van der Waals surface area contributed by atoms with Gasteiger partial charge in [0.05, 0.1) is 0 Å². The molecule has 2 nitrogen and oxygen atoms in total. The van der Waals surface area contributed by atoms with Gasteiger partial charge in [0.25, 0.3) is 0 Å². The monoisotopic (exact) mass is 300 g/mol. The molecule has 0 amide bonds. The van der Waals surface area contributed by atoms with Crippen molar-refractivity contribution in [2.24, 2.45) is 0 Å². The van der Waals surface area contributed by atoms with Gasteiger partial charge in [0.2, 0.25) is 0 Å². The Hall–Kier alpha value is -1.16. The Morgan fingerprint density at radius 2 is 2.05 bits per heavy atom. The maximum atomic E-state index is 3.72. The van der Waals surface area contributed by atoms with Crippen LogP contribution in [0.4, 0.5) is 0 Å². The Kier molecular flexibility index (Phi) is 4.73. The van der Waals surface area contributed by atoms with E-state index in [9.17, 15) is 0 Å². The lowest BCUT2D eigenvalue weighted by Crippen LogP contribution is -2.51. The van der Waals surface area contributed by atoms with Crippen molar-refractivity contribution in [1.29, 1.82) is 0 Å². The standard InChI is InChI=1S/C18H24N2S/c1-3-17-9-19-18(15-7-5-4-6-8-15)11-20(17)10-16-13-21-12-14(16)2/h4-8,12-13,17-19H,3,9-11H2,1-2H3. The zero-order valence-corrected chi connectivity index (χ0v) is 13.7. The quantitative estimate of drug-likeness (QED) is 0.918. The zero-order chi connectivity index (χ0) is 14.7. The van der Waals surface area contributed by atoms with Crippen LogP contribution in [0.15, 0.2) is 41.1 Å². The third-order valence-corrected chi connectivity index (χ3v) is 5.45. The van der Waals surface area contributed by atoms with Gasteiger partial charge >= 0.3 is 0 Å². The molecular formula is C18H24N2S. The maximum Gasteiger partial charge on any atom is 0.0450 e. The highest BCUT2D eigenvalue weighted by molar-refractivity contribution is 7.08. The Balaban J connectivity index is 1.74. The number of thiophene rings is 1. The average Bonchev–Trinajstić information content (AvgIpc) is 2.93. The first-order valence-corrected chi connectivity index (χ1v) is 8.76. The number of nitrogens with one attached hydrogen (secondary N) is 1. The fourth-order valence-electron chi connectivity index (χ4n) is 3.13. The lowest BCUT2D eigenvalue weighted by atomic mass is 10.00. The van der Waals surface area contributed by atoms with Crippen molar-refractivity contribution in [3.05, 3.63) is 57.8 Å². The van der Waals surface area contributed by atoms with Gasteiger partial charge in [0, 0.05) is 31.7 Å². The summed E-state index contributed by atoms with van der Waals surface area (Å²) in [4.78, 5) is 2.66. The van der Waals surface area contributed by atoms with Gasteiger partial charge in [-0.25, -0.2) is 0 Å². The summed E-state index contributed by atoms with van der Waals surface area (Å²) in [6, 6.07) is 11.9. The van der Waals surface area contributed by atoms with Gasteiger partial charge in [0.1, 0.15) is 0 Å². The highest BCUT2D eigenvalue weighted by Gasteiger charge is 2.27. The first kappa shape index (κ1) is 14.8. The first-order valence-electron chi connectivity index (χ1n) is 7.82. The van der Waals surface area contributed by atoms with E-state index in [4.69, 9.17) is 0 Å².